The molecule has 1 aliphatic heterocycles. The molecule has 5 nitrogen and oxygen atoms in total. The predicted octanol–water partition coefficient (Wildman–Crippen LogP) is 4.39. The molecule has 29 heavy (non-hydrogen) atoms. The Morgan fingerprint density at radius 1 is 1.14 bits per heavy atom. The van der Waals surface area contributed by atoms with Crippen LogP contribution in [0.3, 0.4) is 0 Å². The average Bonchev–Trinajstić information content (AvgIpc) is 3.27. The zero-order chi connectivity index (χ0) is 20.5. The highest BCUT2D eigenvalue weighted by molar-refractivity contribution is 7.99. The molecule has 1 atom stereocenters. The lowest BCUT2D eigenvalue weighted by atomic mass is 10.1. The van der Waals surface area contributed by atoms with Gasteiger partial charge in [0.1, 0.15) is 11.5 Å². The molecule has 0 radical (unpaired) electrons. The van der Waals surface area contributed by atoms with E-state index in [0.717, 1.165) is 47.2 Å². The highest BCUT2D eigenvalue weighted by Gasteiger charge is 2.22. The fraction of sp³-hybridized carbons (Fsp3) is 0.435. The number of nitrogens with zero attached hydrogens (tertiary/aromatic N) is 1. The molecule has 0 spiro atoms. The molecule has 1 unspecified atom stereocenters. The van der Waals surface area contributed by atoms with Crippen LogP contribution in [0, 0.1) is 0 Å². The van der Waals surface area contributed by atoms with Crippen LogP contribution >= 0.6 is 11.8 Å². The number of hydrogen-bond acceptors (Lipinski definition) is 5. The van der Waals surface area contributed by atoms with E-state index in [0.29, 0.717) is 19.5 Å². The Morgan fingerprint density at radius 3 is 2.62 bits per heavy atom. The lowest BCUT2D eigenvalue weighted by Gasteiger charge is -2.26. The molecule has 1 heterocycles. The van der Waals surface area contributed by atoms with Gasteiger partial charge in [0, 0.05) is 36.8 Å². The van der Waals surface area contributed by atoms with Gasteiger partial charge in [0.25, 0.3) is 0 Å². The molecule has 6 heteroatoms. The van der Waals surface area contributed by atoms with Gasteiger partial charge in [0.2, 0.25) is 5.91 Å². The summed E-state index contributed by atoms with van der Waals surface area (Å²) in [5, 5.41) is 0. The van der Waals surface area contributed by atoms with Gasteiger partial charge in [-0.2, -0.15) is 0 Å². The number of ether oxygens (including phenoxy) is 3. The van der Waals surface area contributed by atoms with Crippen LogP contribution < -0.4 is 9.47 Å². The van der Waals surface area contributed by atoms with Crippen LogP contribution in [-0.4, -0.2) is 50.0 Å². The molecule has 2 aromatic rings. The van der Waals surface area contributed by atoms with E-state index in [1.54, 1.807) is 26.0 Å². The summed E-state index contributed by atoms with van der Waals surface area (Å²) in [5.41, 5.74) is 1.07. The lowest BCUT2D eigenvalue weighted by molar-refractivity contribution is -0.133. The molecule has 1 saturated heterocycles. The minimum Gasteiger partial charge on any atom is -0.497 e. The Balaban J connectivity index is 1.58. The van der Waals surface area contributed by atoms with Gasteiger partial charge in [-0.25, -0.2) is 0 Å². The Bertz CT molecular complexity index is 775. The fourth-order valence-corrected chi connectivity index (χ4v) is 4.21. The van der Waals surface area contributed by atoms with Crippen LogP contribution in [-0.2, 0) is 16.1 Å². The number of thioether (sulfide) groups is 1. The molecule has 0 bridgehead atoms. The Labute approximate surface area is 177 Å². The number of methoxy groups -OCH3 is 2. The number of hydrogen-bond donors (Lipinski definition) is 0. The predicted molar refractivity (Wildman–Crippen MR) is 116 cm³/mol. The number of amides is 1. The van der Waals surface area contributed by atoms with Crippen LogP contribution in [0.25, 0.3) is 0 Å². The molecule has 2 aromatic carbocycles. The molecule has 1 aliphatic rings. The van der Waals surface area contributed by atoms with E-state index in [2.05, 4.69) is 0 Å². The Morgan fingerprint density at radius 2 is 1.93 bits per heavy atom. The number of carbonyl (C=O) groups is 1. The van der Waals surface area contributed by atoms with E-state index in [1.165, 1.54) is 0 Å². The molecule has 1 fully saturated rings. The summed E-state index contributed by atoms with van der Waals surface area (Å²) < 4.78 is 16.3. The fourth-order valence-electron chi connectivity index (χ4n) is 3.37. The molecule has 1 amide bonds. The molecular formula is C23H29NO4S. The van der Waals surface area contributed by atoms with Gasteiger partial charge >= 0.3 is 0 Å². The molecule has 0 saturated carbocycles. The van der Waals surface area contributed by atoms with Gasteiger partial charge in [-0.15, -0.1) is 11.8 Å². The molecular weight excluding hydrogens is 386 g/mol. The standard InChI is InChI=1S/C23H29NO4S/c1-26-19-8-10-22(11-9-19)29-14-12-23(25)24(17-21-7-4-13-28-21)16-18-5-3-6-20(15-18)27-2/h3,5-6,8-11,15,21H,4,7,12-14,16-17H2,1-2H3. The van der Waals surface area contributed by atoms with E-state index < -0.39 is 0 Å². The second-order valence-corrected chi connectivity index (χ2v) is 8.20. The van der Waals surface area contributed by atoms with Crippen molar-refractivity contribution in [2.24, 2.45) is 0 Å². The van der Waals surface area contributed by atoms with Crippen LogP contribution in [0.1, 0.15) is 24.8 Å². The number of carbonyl (C=O) groups excluding carboxylic acids is 1. The molecule has 0 aliphatic carbocycles. The maximum Gasteiger partial charge on any atom is 0.223 e. The first-order chi connectivity index (χ1) is 14.2. The zero-order valence-corrected chi connectivity index (χ0v) is 18.0. The highest BCUT2D eigenvalue weighted by atomic mass is 32.2. The van der Waals surface area contributed by atoms with Gasteiger partial charge in [-0.1, -0.05) is 12.1 Å². The maximum absolute atomic E-state index is 13.0. The van der Waals surface area contributed by atoms with E-state index in [9.17, 15) is 4.79 Å². The third-order valence-electron chi connectivity index (χ3n) is 4.95. The Kier molecular flexibility index (Phi) is 8.25. The minimum atomic E-state index is 0.138. The van der Waals surface area contributed by atoms with E-state index in [1.807, 2.05) is 53.4 Å². The minimum absolute atomic E-state index is 0.138. The van der Waals surface area contributed by atoms with Crippen LogP contribution in [0.15, 0.2) is 53.4 Å². The second kappa shape index (κ2) is 11.1. The van der Waals surface area contributed by atoms with Crippen molar-refractivity contribution in [2.75, 3.05) is 33.1 Å². The summed E-state index contributed by atoms with van der Waals surface area (Å²) in [6.45, 7) is 2.01. The van der Waals surface area contributed by atoms with Crippen molar-refractivity contribution >= 4 is 17.7 Å². The van der Waals surface area contributed by atoms with Crippen molar-refractivity contribution in [2.45, 2.75) is 36.8 Å². The summed E-state index contributed by atoms with van der Waals surface area (Å²) in [5.74, 6) is 2.54. The van der Waals surface area contributed by atoms with Gasteiger partial charge in [-0.3, -0.25) is 4.79 Å². The van der Waals surface area contributed by atoms with Gasteiger partial charge in [0.05, 0.1) is 20.3 Å². The summed E-state index contributed by atoms with van der Waals surface area (Å²) >= 11 is 1.69. The quantitative estimate of drug-likeness (QED) is 0.539. The zero-order valence-electron chi connectivity index (χ0n) is 17.1. The van der Waals surface area contributed by atoms with Crippen molar-refractivity contribution in [1.82, 2.24) is 4.90 Å². The summed E-state index contributed by atoms with van der Waals surface area (Å²) in [4.78, 5) is 16.1. The average molecular weight is 416 g/mol. The van der Waals surface area contributed by atoms with Crippen LogP contribution in [0.2, 0.25) is 0 Å². The number of benzene rings is 2. The second-order valence-electron chi connectivity index (χ2n) is 7.03. The maximum atomic E-state index is 13.0. The monoisotopic (exact) mass is 415 g/mol. The summed E-state index contributed by atoms with van der Waals surface area (Å²) in [6, 6.07) is 15.8. The molecule has 3 rings (SSSR count). The van der Waals surface area contributed by atoms with Crippen molar-refractivity contribution in [3.8, 4) is 11.5 Å². The van der Waals surface area contributed by atoms with Gasteiger partial charge < -0.3 is 19.1 Å². The van der Waals surface area contributed by atoms with Crippen LogP contribution in [0.4, 0.5) is 0 Å². The molecule has 156 valence electrons. The highest BCUT2D eigenvalue weighted by Crippen LogP contribution is 2.23. The van der Waals surface area contributed by atoms with Crippen LogP contribution in [0.5, 0.6) is 11.5 Å². The van der Waals surface area contributed by atoms with E-state index in [-0.39, 0.29) is 12.0 Å². The van der Waals surface area contributed by atoms with E-state index >= 15 is 0 Å². The van der Waals surface area contributed by atoms with Crippen molar-refractivity contribution in [1.29, 1.82) is 0 Å². The third kappa shape index (κ3) is 6.68. The molecule has 0 N–H and O–H groups in total. The van der Waals surface area contributed by atoms with Gasteiger partial charge in [-0.05, 0) is 54.8 Å². The first-order valence-corrected chi connectivity index (χ1v) is 11.0. The van der Waals surface area contributed by atoms with Crippen molar-refractivity contribution in [3.05, 3.63) is 54.1 Å². The topological polar surface area (TPSA) is 48.0 Å². The largest absolute Gasteiger partial charge is 0.497 e. The van der Waals surface area contributed by atoms with Crippen molar-refractivity contribution in [3.63, 3.8) is 0 Å². The lowest BCUT2D eigenvalue weighted by Crippen LogP contribution is -2.37. The normalized spacial score (nSPS) is 15.9. The van der Waals surface area contributed by atoms with E-state index in [4.69, 9.17) is 14.2 Å². The number of rotatable bonds is 10. The summed E-state index contributed by atoms with van der Waals surface area (Å²) in [7, 11) is 3.32. The SMILES string of the molecule is COc1ccc(SCCC(=O)N(Cc2cccc(OC)c2)CC2CCCO2)cc1. The molecule has 0 aromatic heterocycles. The Hall–Kier alpha value is -2.18. The summed E-state index contributed by atoms with van der Waals surface area (Å²) in [6.07, 6.45) is 2.72. The van der Waals surface area contributed by atoms with Gasteiger partial charge in [0.15, 0.2) is 0 Å². The smallest absolute Gasteiger partial charge is 0.223 e. The first-order valence-electron chi connectivity index (χ1n) is 9.97. The first kappa shape index (κ1) is 21.5. The third-order valence-corrected chi connectivity index (χ3v) is 5.97. The van der Waals surface area contributed by atoms with Crippen molar-refractivity contribution < 1.29 is 19.0 Å².